The number of hydrogen-bond acceptors (Lipinski definition) is 3. The fraction of sp³-hybridized carbons (Fsp3) is 0.647. The number of benzene rings is 1. The lowest BCUT2D eigenvalue weighted by atomic mass is 10.0. The highest BCUT2D eigenvalue weighted by molar-refractivity contribution is 5.20. The van der Waals surface area contributed by atoms with Crippen LogP contribution in [0.25, 0.3) is 0 Å². The van der Waals surface area contributed by atoms with Gasteiger partial charge in [0.25, 0.3) is 0 Å². The van der Waals surface area contributed by atoms with Crippen molar-refractivity contribution in [2.24, 2.45) is 0 Å². The van der Waals surface area contributed by atoms with E-state index in [4.69, 9.17) is 5.11 Å². The van der Waals surface area contributed by atoms with Crippen LogP contribution in [-0.2, 0) is 0 Å². The van der Waals surface area contributed by atoms with Crippen LogP contribution in [0.3, 0.4) is 0 Å². The van der Waals surface area contributed by atoms with Crippen LogP contribution in [-0.4, -0.2) is 42.8 Å². The minimum absolute atomic E-state index is 0.189. The molecule has 1 unspecified atom stereocenters. The van der Waals surface area contributed by atoms with Gasteiger partial charge in [-0.15, -0.1) is 0 Å². The van der Waals surface area contributed by atoms with Gasteiger partial charge in [0.2, 0.25) is 0 Å². The number of rotatable bonds is 11. The molecule has 0 aliphatic carbocycles. The molecule has 0 amide bonds. The fourth-order valence-electron chi connectivity index (χ4n) is 2.43. The fourth-order valence-corrected chi connectivity index (χ4v) is 2.43. The molecule has 0 aliphatic rings. The molecule has 0 heterocycles. The second kappa shape index (κ2) is 10.7. The van der Waals surface area contributed by atoms with Crippen molar-refractivity contribution in [2.45, 2.75) is 39.2 Å². The molecular formula is C17H29FN2O. The molecule has 3 nitrogen and oxygen atoms in total. The molecule has 0 aromatic heterocycles. The van der Waals surface area contributed by atoms with E-state index >= 15 is 0 Å². The van der Waals surface area contributed by atoms with Crippen molar-refractivity contribution in [1.82, 2.24) is 10.2 Å². The molecule has 0 radical (unpaired) electrons. The Balaban J connectivity index is 2.58. The summed E-state index contributed by atoms with van der Waals surface area (Å²) in [6.07, 6.45) is 2.89. The third-order valence-electron chi connectivity index (χ3n) is 3.73. The van der Waals surface area contributed by atoms with Gasteiger partial charge in [0.05, 0.1) is 0 Å². The van der Waals surface area contributed by atoms with Gasteiger partial charge in [0.1, 0.15) is 5.82 Å². The smallest absolute Gasteiger partial charge is 0.123 e. The molecule has 21 heavy (non-hydrogen) atoms. The summed E-state index contributed by atoms with van der Waals surface area (Å²) in [7, 11) is 0. The molecular weight excluding hydrogens is 267 g/mol. The van der Waals surface area contributed by atoms with E-state index in [0.29, 0.717) is 0 Å². The van der Waals surface area contributed by atoms with Gasteiger partial charge >= 0.3 is 0 Å². The third kappa shape index (κ3) is 7.02. The molecule has 4 heteroatoms. The summed E-state index contributed by atoms with van der Waals surface area (Å²) in [5, 5.41) is 12.5. The average molecular weight is 296 g/mol. The Hall–Kier alpha value is -0.970. The molecule has 0 spiro atoms. The molecule has 0 bridgehead atoms. The van der Waals surface area contributed by atoms with Gasteiger partial charge in [-0.1, -0.05) is 26.0 Å². The third-order valence-corrected chi connectivity index (χ3v) is 3.73. The molecule has 1 aromatic carbocycles. The van der Waals surface area contributed by atoms with Crippen molar-refractivity contribution in [3.05, 3.63) is 35.6 Å². The molecule has 0 fully saturated rings. The summed E-state index contributed by atoms with van der Waals surface area (Å²) in [5.41, 5.74) is 1.14. The van der Waals surface area contributed by atoms with Crippen LogP contribution < -0.4 is 5.32 Å². The maximum Gasteiger partial charge on any atom is 0.123 e. The maximum atomic E-state index is 13.1. The van der Waals surface area contributed by atoms with E-state index in [2.05, 4.69) is 24.1 Å². The number of halogens is 1. The highest BCUT2D eigenvalue weighted by Crippen LogP contribution is 2.18. The van der Waals surface area contributed by atoms with E-state index in [1.807, 2.05) is 12.1 Å². The Bertz CT molecular complexity index is 370. The Kier molecular flexibility index (Phi) is 9.22. The molecule has 120 valence electrons. The molecule has 0 saturated heterocycles. The zero-order chi connectivity index (χ0) is 15.5. The first-order valence-corrected chi connectivity index (χ1v) is 8.03. The maximum absolute atomic E-state index is 13.1. The number of aliphatic hydroxyl groups excluding tert-OH is 1. The van der Waals surface area contributed by atoms with E-state index in [1.165, 1.54) is 12.1 Å². The van der Waals surface area contributed by atoms with Crippen molar-refractivity contribution in [2.75, 3.05) is 32.8 Å². The van der Waals surface area contributed by atoms with Crippen LogP contribution in [0, 0.1) is 5.82 Å². The van der Waals surface area contributed by atoms with Crippen LogP contribution in [0.1, 0.15) is 44.7 Å². The van der Waals surface area contributed by atoms with Crippen molar-refractivity contribution < 1.29 is 9.50 Å². The normalized spacial score (nSPS) is 12.8. The largest absolute Gasteiger partial charge is 0.396 e. The summed E-state index contributed by atoms with van der Waals surface area (Å²) >= 11 is 0. The Labute approximate surface area is 128 Å². The van der Waals surface area contributed by atoms with Gasteiger partial charge in [-0.2, -0.15) is 0 Å². The van der Waals surface area contributed by atoms with Crippen LogP contribution in [0.2, 0.25) is 0 Å². The zero-order valence-electron chi connectivity index (χ0n) is 13.3. The predicted octanol–water partition coefficient (Wildman–Crippen LogP) is 2.96. The number of nitrogens with zero attached hydrogens (tertiary/aromatic N) is 1. The van der Waals surface area contributed by atoms with Crippen molar-refractivity contribution in [3.63, 3.8) is 0 Å². The monoisotopic (exact) mass is 296 g/mol. The van der Waals surface area contributed by atoms with Crippen LogP contribution >= 0.6 is 0 Å². The highest BCUT2D eigenvalue weighted by atomic mass is 19.1. The molecule has 1 rings (SSSR count). The topological polar surface area (TPSA) is 35.5 Å². The quantitative estimate of drug-likeness (QED) is 0.659. The lowest BCUT2D eigenvalue weighted by molar-refractivity contribution is 0.222. The van der Waals surface area contributed by atoms with Crippen LogP contribution in [0.4, 0.5) is 4.39 Å². The second-order valence-electron chi connectivity index (χ2n) is 5.36. The average Bonchev–Trinajstić information content (AvgIpc) is 2.51. The number of hydrogen-bond donors (Lipinski definition) is 2. The number of nitrogens with one attached hydrogen (secondary N) is 1. The number of aliphatic hydroxyl groups is 1. The van der Waals surface area contributed by atoms with Gasteiger partial charge in [-0.05, 0) is 56.6 Å². The predicted molar refractivity (Wildman–Crippen MR) is 85.9 cm³/mol. The summed E-state index contributed by atoms with van der Waals surface area (Å²) in [5.74, 6) is -0.189. The lowest BCUT2D eigenvalue weighted by Gasteiger charge is -2.25. The van der Waals surface area contributed by atoms with Crippen molar-refractivity contribution in [1.29, 1.82) is 0 Å². The van der Waals surface area contributed by atoms with E-state index in [1.54, 1.807) is 0 Å². The lowest BCUT2D eigenvalue weighted by Crippen LogP contribution is -2.31. The van der Waals surface area contributed by atoms with Gasteiger partial charge < -0.3 is 15.3 Å². The first-order valence-electron chi connectivity index (χ1n) is 8.03. The van der Waals surface area contributed by atoms with E-state index in [9.17, 15) is 4.39 Å². The first-order chi connectivity index (χ1) is 10.2. The first kappa shape index (κ1) is 18.1. The molecule has 1 atom stereocenters. The summed E-state index contributed by atoms with van der Waals surface area (Å²) in [6, 6.07) is 7.05. The van der Waals surface area contributed by atoms with E-state index in [-0.39, 0.29) is 18.5 Å². The minimum Gasteiger partial charge on any atom is -0.396 e. The Morgan fingerprint density at radius 1 is 1.19 bits per heavy atom. The van der Waals surface area contributed by atoms with Gasteiger partial charge in [-0.3, -0.25) is 0 Å². The SMILES string of the molecule is CCCNC(CCN(CC)CCCO)c1ccc(F)cc1. The highest BCUT2D eigenvalue weighted by Gasteiger charge is 2.12. The van der Waals surface area contributed by atoms with E-state index in [0.717, 1.165) is 51.0 Å². The van der Waals surface area contributed by atoms with Crippen molar-refractivity contribution in [3.8, 4) is 0 Å². The Morgan fingerprint density at radius 3 is 2.48 bits per heavy atom. The molecule has 0 aliphatic heterocycles. The van der Waals surface area contributed by atoms with Crippen LogP contribution in [0.5, 0.6) is 0 Å². The molecule has 1 aromatic rings. The van der Waals surface area contributed by atoms with Gasteiger partial charge in [0.15, 0.2) is 0 Å². The van der Waals surface area contributed by atoms with Crippen LogP contribution in [0.15, 0.2) is 24.3 Å². The summed E-state index contributed by atoms with van der Waals surface area (Å²) in [4.78, 5) is 2.35. The molecule has 2 N–H and O–H groups in total. The standard InChI is InChI=1S/C17H29FN2O/c1-3-11-19-17(15-6-8-16(18)9-7-15)10-13-20(4-2)12-5-14-21/h6-9,17,19,21H,3-5,10-14H2,1-2H3. The van der Waals surface area contributed by atoms with Gasteiger partial charge in [0, 0.05) is 19.2 Å². The molecule has 0 saturated carbocycles. The zero-order valence-corrected chi connectivity index (χ0v) is 13.3. The van der Waals surface area contributed by atoms with E-state index < -0.39 is 0 Å². The second-order valence-corrected chi connectivity index (χ2v) is 5.36. The summed E-state index contributed by atoms with van der Waals surface area (Å²) < 4.78 is 13.1. The van der Waals surface area contributed by atoms with Crippen molar-refractivity contribution >= 4 is 0 Å². The summed E-state index contributed by atoms with van der Waals surface area (Å²) in [6.45, 7) is 8.39. The van der Waals surface area contributed by atoms with Gasteiger partial charge in [-0.25, -0.2) is 4.39 Å². The minimum atomic E-state index is -0.189. The Morgan fingerprint density at radius 2 is 1.90 bits per heavy atom.